The van der Waals surface area contributed by atoms with Gasteiger partial charge in [-0.3, -0.25) is 9.89 Å². The fourth-order valence-electron chi connectivity index (χ4n) is 3.79. The molecule has 1 aliphatic rings. The van der Waals surface area contributed by atoms with Crippen LogP contribution in [0.25, 0.3) is 10.9 Å². The van der Waals surface area contributed by atoms with Crippen LogP contribution >= 0.6 is 0 Å². The van der Waals surface area contributed by atoms with Crippen molar-refractivity contribution in [1.82, 2.24) is 15.5 Å². The van der Waals surface area contributed by atoms with Crippen LogP contribution < -0.4 is 10.1 Å². The highest BCUT2D eigenvalue weighted by molar-refractivity contribution is 6.07. The quantitative estimate of drug-likeness (QED) is 0.874. The van der Waals surface area contributed by atoms with Gasteiger partial charge in [-0.15, -0.1) is 0 Å². The first-order valence-corrected chi connectivity index (χ1v) is 8.90. The SMILES string of the molecule is COc1cccc2[nH]nc(C(=O)NC(C)CC3CCC(C)CC3)c12. The number of H-pyrrole nitrogens is 1. The maximum Gasteiger partial charge on any atom is 0.272 e. The van der Waals surface area contributed by atoms with Crippen molar-refractivity contribution in [3.63, 3.8) is 0 Å². The van der Waals surface area contributed by atoms with Crippen molar-refractivity contribution in [2.75, 3.05) is 7.11 Å². The molecule has 1 unspecified atom stereocenters. The average Bonchev–Trinajstić information content (AvgIpc) is 3.01. The summed E-state index contributed by atoms with van der Waals surface area (Å²) in [5.74, 6) is 2.11. The first kappa shape index (κ1) is 16.8. The molecule has 0 saturated heterocycles. The minimum atomic E-state index is -0.137. The van der Waals surface area contributed by atoms with Crippen LogP contribution in [0.15, 0.2) is 18.2 Å². The molecule has 1 amide bonds. The summed E-state index contributed by atoms with van der Waals surface area (Å²) in [5.41, 5.74) is 1.22. The number of carbonyl (C=O) groups is 1. The van der Waals surface area contributed by atoms with Crippen LogP contribution in [0.5, 0.6) is 5.75 Å². The van der Waals surface area contributed by atoms with Gasteiger partial charge in [0.25, 0.3) is 5.91 Å². The molecule has 0 spiro atoms. The van der Waals surface area contributed by atoms with Gasteiger partial charge in [0.05, 0.1) is 18.0 Å². The van der Waals surface area contributed by atoms with Crippen LogP contribution in [0.3, 0.4) is 0 Å². The Kier molecular flexibility index (Phi) is 5.07. The van der Waals surface area contributed by atoms with E-state index in [1.165, 1.54) is 25.7 Å². The van der Waals surface area contributed by atoms with Gasteiger partial charge in [-0.1, -0.05) is 38.7 Å². The summed E-state index contributed by atoms with van der Waals surface area (Å²) < 4.78 is 5.37. The molecule has 1 aromatic heterocycles. The summed E-state index contributed by atoms with van der Waals surface area (Å²) >= 11 is 0. The molecular weight excluding hydrogens is 302 g/mol. The molecule has 1 aromatic carbocycles. The molecule has 1 fully saturated rings. The van der Waals surface area contributed by atoms with Gasteiger partial charge < -0.3 is 10.1 Å². The van der Waals surface area contributed by atoms with Crippen LogP contribution in [-0.4, -0.2) is 29.3 Å². The zero-order valence-corrected chi connectivity index (χ0v) is 14.8. The van der Waals surface area contributed by atoms with E-state index in [0.29, 0.717) is 11.4 Å². The summed E-state index contributed by atoms with van der Waals surface area (Å²) in [6.45, 7) is 4.42. The monoisotopic (exact) mass is 329 g/mol. The minimum Gasteiger partial charge on any atom is -0.496 e. The molecule has 130 valence electrons. The fraction of sp³-hybridized carbons (Fsp3) is 0.579. The number of aromatic amines is 1. The number of methoxy groups -OCH3 is 1. The normalized spacial score (nSPS) is 22.3. The molecule has 3 rings (SSSR count). The molecule has 0 bridgehead atoms. The molecule has 1 atom stereocenters. The first-order chi connectivity index (χ1) is 11.6. The van der Waals surface area contributed by atoms with Gasteiger partial charge >= 0.3 is 0 Å². The number of hydrogen-bond donors (Lipinski definition) is 2. The van der Waals surface area contributed by atoms with E-state index in [9.17, 15) is 4.79 Å². The summed E-state index contributed by atoms with van der Waals surface area (Å²) in [6.07, 6.45) is 6.22. The molecule has 0 aliphatic heterocycles. The summed E-state index contributed by atoms with van der Waals surface area (Å²) in [7, 11) is 1.61. The van der Waals surface area contributed by atoms with E-state index in [4.69, 9.17) is 4.74 Å². The molecule has 5 heteroatoms. The lowest BCUT2D eigenvalue weighted by atomic mass is 9.80. The predicted molar refractivity (Wildman–Crippen MR) is 95.3 cm³/mol. The minimum absolute atomic E-state index is 0.137. The van der Waals surface area contributed by atoms with Crippen molar-refractivity contribution in [1.29, 1.82) is 0 Å². The number of amides is 1. The molecular formula is C19H27N3O2. The lowest BCUT2D eigenvalue weighted by Gasteiger charge is -2.28. The summed E-state index contributed by atoms with van der Waals surface area (Å²) in [6, 6.07) is 5.78. The zero-order valence-electron chi connectivity index (χ0n) is 14.8. The molecule has 2 N–H and O–H groups in total. The average molecular weight is 329 g/mol. The highest BCUT2D eigenvalue weighted by Crippen LogP contribution is 2.31. The Labute approximate surface area is 143 Å². The number of nitrogens with zero attached hydrogens (tertiary/aromatic N) is 1. The van der Waals surface area contributed by atoms with Crippen LogP contribution in [0.2, 0.25) is 0 Å². The van der Waals surface area contributed by atoms with Crippen LogP contribution in [0, 0.1) is 11.8 Å². The molecule has 1 heterocycles. The maximum atomic E-state index is 12.6. The van der Waals surface area contributed by atoms with Gasteiger partial charge in [0.1, 0.15) is 5.75 Å². The number of nitrogens with one attached hydrogen (secondary N) is 2. The van der Waals surface area contributed by atoms with E-state index in [-0.39, 0.29) is 11.9 Å². The predicted octanol–water partition coefficient (Wildman–Crippen LogP) is 3.91. The Morgan fingerprint density at radius 1 is 1.38 bits per heavy atom. The van der Waals surface area contributed by atoms with Crippen LogP contribution in [-0.2, 0) is 0 Å². The second-order valence-corrected chi connectivity index (χ2v) is 7.19. The van der Waals surface area contributed by atoms with E-state index in [0.717, 1.165) is 29.2 Å². The van der Waals surface area contributed by atoms with Crippen LogP contribution in [0.4, 0.5) is 0 Å². The molecule has 1 saturated carbocycles. The lowest BCUT2D eigenvalue weighted by molar-refractivity contribution is 0.0928. The molecule has 0 radical (unpaired) electrons. The third-order valence-electron chi connectivity index (χ3n) is 5.19. The third kappa shape index (κ3) is 3.55. The number of benzene rings is 1. The lowest BCUT2D eigenvalue weighted by Crippen LogP contribution is -2.35. The van der Waals surface area contributed by atoms with Gasteiger partial charge in [-0.05, 0) is 37.3 Å². The number of aromatic nitrogens is 2. The Morgan fingerprint density at radius 2 is 2.12 bits per heavy atom. The van der Waals surface area contributed by atoms with Crippen molar-refractivity contribution < 1.29 is 9.53 Å². The topological polar surface area (TPSA) is 67.0 Å². The van der Waals surface area contributed by atoms with Gasteiger partial charge in [0.15, 0.2) is 5.69 Å². The molecule has 24 heavy (non-hydrogen) atoms. The van der Waals surface area contributed by atoms with E-state index in [2.05, 4.69) is 29.4 Å². The number of carbonyl (C=O) groups excluding carboxylic acids is 1. The van der Waals surface area contributed by atoms with Gasteiger partial charge in [0, 0.05) is 6.04 Å². The van der Waals surface area contributed by atoms with E-state index < -0.39 is 0 Å². The smallest absolute Gasteiger partial charge is 0.272 e. The largest absolute Gasteiger partial charge is 0.496 e. The van der Waals surface area contributed by atoms with Gasteiger partial charge in [0.2, 0.25) is 0 Å². The van der Waals surface area contributed by atoms with Gasteiger partial charge in [-0.2, -0.15) is 5.10 Å². The van der Waals surface area contributed by atoms with Crippen molar-refractivity contribution in [3.05, 3.63) is 23.9 Å². The molecule has 5 nitrogen and oxygen atoms in total. The van der Waals surface area contributed by atoms with Crippen molar-refractivity contribution in [2.24, 2.45) is 11.8 Å². The second kappa shape index (κ2) is 7.24. The number of ether oxygens (including phenoxy) is 1. The Hall–Kier alpha value is -2.04. The van der Waals surface area contributed by atoms with Crippen molar-refractivity contribution >= 4 is 16.8 Å². The van der Waals surface area contributed by atoms with Crippen LogP contribution in [0.1, 0.15) is 56.4 Å². The highest BCUT2D eigenvalue weighted by Gasteiger charge is 2.23. The Morgan fingerprint density at radius 3 is 2.83 bits per heavy atom. The highest BCUT2D eigenvalue weighted by atomic mass is 16.5. The van der Waals surface area contributed by atoms with E-state index >= 15 is 0 Å². The Balaban J connectivity index is 1.66. The fourth-order valence-corrected chi connectivity index (χ4v) is 3.79. The second-order valence-electron chi connectivity index (χ2n) is 7.19. The summed E-state index contributed by atoms with van der Waals surface area (Å²) in [4.78, 5) is 12.6. The maximum absolute atomic E-state index is 12.6. The Bertz CT molecular complexity index is 702. The van der Waals surface area contributed by atoms with E-state index in [1.807, 2.05) is 18.2 Å². The van der Waals surface area contributed by atoms with Crippen molar-refractivity contribution in [2.45, 2.75) is 52.0 Å². The van der Waals surface area contributed by atoms with Gasteiger partial charge in [-0.25, -0.2) is 0 Å². The standard InChI is InChI=1S/C19H27N3O2/c1-12-7-9-14(10-8-12)11-13(2)20-19(23)18-17-15(21-22-18)5-4-6-16(17)24-3/h4-6,12-14H,7-11H2,1-3H3,(H,20,23)(H,21,22). The molecule has 1 aliphatic carbocycles. The number of fused-ring (bicyclic) bond motifs is 1. The first-order valence-electron chi connectivity index (χ1n) is 8.90. The number of hydrogen-bond acceptors (Lipinski definition) is 3. The van der Waals surface area contributed by atoms with Crippen molar-refractivity contribution in [3.8, 4) is 5.75 Å². The zero-order chi connectivity index (χ0) is 17.1. The molecule has 2 aromatic rings. The van der Waals surface area contributed by atoms with E-state index in [1.54, 1.807) is 7.11 Å². The number of rotatable bonds is 5. The summed E-state index contributed by atoms with van der Waals surface area (Å²) in [5, 5.41) is 11.0. The third-order valence-corrected chi connectivity index (χ3v) is 5.19.